The van der Waals surface area contributed by atoms with Gasteiger partial charge >= 0.3 is 0 Å². The normalized spacial score (nSPS) is 22.7. The summed E-state index contributed by atoms with van der Waals surface area (Å²) in [6.45, 7) is 11.2. The summed E-state index contributed by atoms with van der Waals surface area (Å²) < 4.78 is 6.01. The molecule has 0 atom stereocenters. The molecular formula is C18H29NO. The number of hydrogen-bond acceptors (Lipinski definition) is 2. The molecule has 0 bridgehead atoms. The Morgan fingerprint density at radius 2 is 1.75 bits per heavy atom. The molecule has 0 spiro atoms. The van der Waals surface area contributed by atoms with Crippen LogP contribution in [0.4, 0.5) is 0 Å². The summed E-state index contributed by atoms with van der Waals surface area (Å²) in [5.41, 5.74) is 1.73. The molecule has 2 nitrogen and oxygen atoms in total. The van der Waals surface area contributed by atoms with Crippen LogP contribution in [-0.2, 0) is 6.42 Å². The largest absolute Gasteiger partial charge is 0.490 e. The summed E-state index contributed by atoms with van der Waals surface area (Å²) in [5.74, 6) is 1.01. The summed E-state index contributed by atoms with van der Waals surface area (Å²) in [7, 11) is 0. The fourth-order valence-corrected chi connectivity index (χ4v) is 2.76. The summed E-state index contributed by atoms with van der Waals surface area (Å²) in [6.07, 6.45) is 3.75. The Hall–Kier alpha value is -1.02. The lowest BCUT2D eigenvalue weighted by Crippen LogP contribution is -2.49. The van der Waals surface area contributed by atoms with Crippen molar-refractivity contribution in [1.29, 1.82) is 0 Å². The quantitative estimate of drug-likeness (QED) is 0.870. The maximum Gasteiger partial charge on any atom is 0.119 e. The number of nitrogens with one attached hydrogen (secondary N) is 1. The van der Waals surface area contributed by atoms with Gasteiger partial charge in [0.15, 0.2) is 0 Å². The molecule has 0 amide bonds. The molecule has 0 aliphatic heterocycles. The number of benzene rings is 1. The fraction of sp³-hybridized carbons (Fsp3) is 0.667. The second kappa shape index (κ2) is 6.17. The van der Waals surface area contributed by atoms with Crippen LogP contribution in [0.1, 0.15) is 53.0 Å². The van der Waals surface area contributed by atoms with Gasteiger partial charge in [0.2, 0.25) is 0 Å². The summed E-state index contributed by atoms with van der Waals surface area (Å²) in [4.78, 5) is 0. The molecule has 1 fully saturated rings. The van der Waals surface area contributed by atoms with E-state index in [0.717, 1.165) is 25.0 Å². The van der Waals surface area contributed by atoms with E-state index in [-0.39, 0.29) is 0 Å². The van der Waals surface area contributed by atoms with E-state index in [1.807, 2.05) is 0 Å². The Bertz CT molecular complexity index is 410. The smallest absolute Gasteiger partial charge is 0.119 e. The van der Waals surface area contributed by atoms with Gasteiger partial charge in [0, 0.05) is 12.1 Å². The van der Waals surface area contributed by atoms with Crippen LogP contribution < -0.4 is 10.1 Å². The maximum atomic E-state index is 6.01. The monoisotopic (exact) mass is 275 g/mol. The third-order valence-electron chi connectivity index (χ3n) is 3.62. The van der Waals surface area contributed by atoms with E-state index in [1.165, 1.54) is 5.56 Å². The van der Waals surface area contributed by atoms with Gasteiger partial charge in [-0.05, 0) is 42.4 Å². The summed E-state index contributed by atoms with van der Waals surface area (Å²) in [5, 5.41) is 3.55. The van der Waals surface area contributed by atoms with E-state index < -0.39 is 0 Å². The van der Waals surface area contributed by atoms with Crippen molar-refractivity contribution in [3.05, 3.63) is 29.8 Å². The van der Waals surface area contributed by atoms with Gasteiger partial charge in [0.25, 0.3) is 0 Å². The minimum absolute atomic E-state index is 0.339. The third-order valence-corrected chi connectivity index (χ3v) is 3.62. The van der Waals surface area contributed by atoms with Gasteiger partial charge in [-0.15, -0.1) is 0 Å². The van der Waals surface area contributed by atoms with Crippen LogP contribution in [0, 0.1) is 5.41 Å². The molecule has 1 aliphatic rings. The lowest BCUT2D eigenvalue weighted by Gasteiger charge is -2.37. The van der Waals surface area contributed by atoms with Crippen molar-refractivity contribution >= 4 is 0 Å². The molecule has 1 aromatic rings. The molecule has 2 heteroatoms. The summed E-state index contributed by atoms with van der Waals surface area (Å²) in [6, 6.07) is 9.83. The van der Waals surface area contributed by atoms with Crippen LogP contribution >= 0.6 is 0 Å². The van der Waals surface area contributed by atoms with E-state index in [9.17, 15) is 0 Å². The van der Waals surface area contributed by atoms with Crippen LogP contribution in [-0.4, -0.2) is 18.2 Å². The molecule has 1 saturated carbocycles. The average molecular weight is 275 g/mol. The highest BCUT2D eigenvalue weighted by Gasteiger charge is 2.30. The maximum absolute atomic E-state index is 6.01. The second-order valence-electron chi connectivity index (χ2n) is 7.61. The highest BCUT2D eigenvalue weighted by Crippen LogP contribution is 2.27. The molecular weight excluding hydrogens is 246 g/mol. The van der Waals surface area contributed by atoms with E-state index in [0.29, 0.717) is 23.6 Å². The molecule has 0 aromatic heterocycles. The fourth-order valence-electron chi connectivity index (χ4n) is 2.76. The van der Waals surface area contributed by atoms with Gasteiger partial charge < -0.3 is 10.1 Å². The number of rotatable bonds is 5. The SMILES string of the molecule is CC(C)NC1CC(Oc2ccc(CC(C)(C)C)cc2)C1. The van der Waals surface area contributed by atoms with Gasteiger partial charge in [0.1, 0.15) is 11.9 Å². The zero-order chi connectivity index (χ0) is 14.8. The minimum Gasteiger partial charge on any atom is -0.490 e. The number of ether oxygens (including phenoxy) is 1. The van der Waals surface area contributed by atoms with Gasteiger partial charge in [0.05, 0.1) is 0 Å². The molecule has 112 valence electrons. The Morgan fingerprint density at radius 3 is 2.25 bits per heavy atom. The standard InChI is InChI=1S/C18H29NO/c1-13(2)19-15-10-17(11-15)20-16-8-6-14(7-9-16)12-18(3,4)5/h6-9,13,15,17,19H,10-12H2,1-5H3. The first kappa shape index (κ1) is 15.4. The van der Waals surface area contributed by atoms with Crippen molar-refractivity contribution < 1.29 is 4.74 Å². The predicted octanol–water partition coefficient (Wildman–Crippen LogP) is 4.18. The molecule has 0 unspecified atom stereocenters. The van der Waals surface area contributed by atoms with Crippen LogP contribution in [0.2, 0.25) is 0 Å². The zero-order valence-corrected chi connectivity index (χ0v) is 13.6. The Balaban J connectivity index is 1.78. The average Bonchev–Trinajstić information content (AvgIpc) is 2.26. The molecule has 2 rings (SSSR count). The highest BCUT2D eigenvalue weighted by molar-refractivity contribution is 5.28. The highest BCUT2D eigenvalue weighted by atomic mass is 16.5. The molecule has 0 saturated heterocycles. The van der Waals surface area contributed by atoms with Crippen LogP contribution in [0.3, 0.4) is 0 Å². The van der Waals surface area contributed by atoms with E-state index in [2.05, 4.69) is 64.2 Å². The molecule has 1 aliphatic carbocycles. The Kier molecular flexibility index (Phi) is 4.74. The van der Waals surface area contributed by atoms with Crippen molar-refractivity contribution in [1.82, 2.24) is 5.32 Å². The van der Waals surface area contributed by atoms with Gasteiger partial charge in [-0.3, -0.25) is 0 Å². The van der Waals surface area contributed by atoms with E-state index >= 15 is 0 Å². The lowest BCUT2D eigenvalue weighted by molar-refractivity contribution is 0.0815. The van der Waals surface area contributed by atoms with Crippen LogP contribution in [0.25, 0.3) is 0 Å². The first-order valence-electron chi connectivity index (χ1n) is 7.83. The second-order valence-corrected chi connectivity index (χ2v) is 7.61. The van der Waals surface area contributed by atoms with E-state index in [1.54, 1.807) is 0 Å². The van der Waals surface area contributed by atoms with Crippen molar-refractivity contribution in [2.24, 2.45) is 5.41 Å². The zero-order valence-electron chi connectivity index (χ0n) is 13.6. The van der Waals surface area contributed by atoms with Crippen molar-refractivity contribution in [3.63, 3.8) is 0 Å². The Labute approximate surface area is 123 Å². The predicted molar refractivity (Wildman–Crippen MR) is 85.3 cm³/mol. The Morgan fingerprint density at radius 1 is 1.15 bits per heavy atom. The molecule has 20 heavy (non-hydrogen) atoms. The van der Waals surface area contributed by atoms with Crippen molar-refractivity contribution in [3.8, 4) is 5.75 Å². The van der Waals surface area contributed by atoms with Crippen LogP contribution in [0.5, 0.6) is 5.75 Å². The topological polar surface area (TPSA) is 21.3 Å². The lowest BCUT2D eigenvalue weighted by atomic mass is 9.88. The van der Waals surface area contributed by atoms with Gasteiger partial charge in [-0.2, -0.15) is 0 Å². The molecule has 0 heterocycles. The minimum atomic E-state index is 0.339. The summed E-state index contributed by atoms with van der Waals surface area (Å²) >= 11 is 0. The molecule has 1 aromatic carbocycles. The van der Waals surface area contributed by atoms with Crippen molar-refractivity contribution in [2.45, 2.75) is 72.1 Å². The first-order chi connectivity index (χ1) is 9.32. The third kappa shape index (κ3) is 4.82. The van der Waals surface area contributed by atoms with Crippen molar-refractivity contribution in [2.75, 3.05) is 0 Å². The number of hydrogen-bond donors (Lipinski definition) is 1. The molecule has 1 N–H and O–H groups in total. The first-order valence-corrected chi connectivity index (χ1v) is 7.83. The van der Waals surface area contributed by atoms with Gasteiger partial charge in [-0.25, -0.2) is 0 Å². The van der Waals surface area contributed by atoms with Crippen LogP contribution in [0.15, 0.2) is 24.3 Å². The molecule has 0 radical (unpaired) electrons. The van der Waals surface area contributed by atoms with Gasteiger partial charge in [-0.1, -0.05) is 46.8 Å². The van der Waals surface area contributed by atoms with E-state index in [4.69, 9.17) is 4.74 Å².